The van der Waals surface area contributed by atoms with E-state index in [-0.39, 0.29) is 29.6 Å². The van der Waals surface area contributed by atoms with Crippen molar-refractivity contribution < 1.29 is 11.3 Å². The fourth-order valence-electron chi connectivity index (χ4n) is 0. The Kier molecular flexibility index (Phi) is 10.9. The van der Waals surface area contributed by atoms with Crippen LogP contribution >= 0.6 is 0 Å². The molecule has 0 atom stereocenters. The van der Waals surface area contributed by atoms with Crippen LogP contribution in [0.2, 0.25) is 0 Å². The fraction of sp³-hybridized carbons (Fsp3) is 0. The first kappa shape index (κ1) is 4.47. The molecule has 0 bridgehead atoms. The number of hydrogen-bond acceptors (Lipinski definition) is 1. The zero-order valence-corrected chi connectivity index (χ0v) is 4.36. The molecule has 0 saturated heterocycles. The maximum Gasteiger partial charge on any atom is 0.290 e. The van der Waals surface area contributed by atoms with Crippen LogP contribution in [-0.4, -0.2) is 41.1 Å². The van der Waals surface area contributed by atoms with Gasteiger partial charge in [-0.25, -0.2) is 0 Å². The van der Waals surface area contributed by atoms with Gasteiger partial charge >= 0.3 is 0 Å². The molecule has 4 heavy (non-hydrogen) atoms. The molecule has 0 aromatic rings. The van der Waals surface area contributed by atoms with E-state index < -0.39 is 6.45 Å². The van der Waals surface area contributed by atoms with E-state index in [9.17, 15) is 0 Å². The topological polar surface area (TPSA) is 37.3 Å². The average Bonchev–Trinajstić information content (AvgIpc) is 0.811. The van der Waals surface area contributed by atoms with Gasteiger partial charge in [0.25, 0.3) is 6.45 Å². The summed E-state index contributed by atoms with van der Waals surface area (Å²) in [5.41, 5.74) is 0. The van der Waals surface area contributed by atoms with Crippen molar-refractivity contribution in [3.63, 3.8) is 0 Å². The van der Waals surface area contributed by atoms with Gasteiger partial charge in [0.1, 0.15) is 0 Å². The molecule has 3 heteroatoms. The summed E-state index contributed by atoms with van der Waals surface area (Å²) in [6, 6.07) is 0. The molecule has 0 aromatic carbocycles. The zero-order valence-electron chi connectivity index (χ0n) is 3.36. The minimum absolute atomic E-state index is 0. The van der Waals surface area contributed by atoms with Crippen LogP contribution in [0.4, 0.5) is 0 Å². The van der Waals surface area contributed by atoms with Gasteiger partial charge in [-0.15, -0.1) is 0 Å². The van der Waals surface area contributed by atoms with Crippen LogP contribution in [0.25, 0.3) is 0 Å². The largest absolute Gasteiger partial charge is 0.483 e. The van der Waals surface area contributed by atoms with Crippen molar-refractivity contribution in [2.24, 2.45) is 0 Å². The summed E-state index contributed by atoms with van der Waals surface area (Å²) in [5.74, 6) is 0. The quantitative estimate of drug-likeness (QED) is 0.303. The van der Waals surface area contributed by atoms with Gasteiger partial charge in [-0.3, -0.25) is 4.79 Å². The minimum Gasteiger partial charge on any atom is -0.483 e. The summed E-state index contributed by atoms with van der Waals surface area (Å²) >= 11 is 0. The second-order valence-corrected chi connectivity index (χ2v) is 0.0913. The zero-order chi connectivity index (χ0) is 3.58. The van der Waals surface area contributed by atoms with Crippen molar-refractivity contribution in [2.75, 3.05) is 0 Å². The first-order valence-electron chi connectivity index (χ1n) is 0.928. The SMILES string of the molecule is [2H]C(=O)O.[Na]. The Bertz CT molecular complexity index is 32.6. The first-order chi connectivity index (χ1) is 1.73. The maximum atomic E-state index is 8.67. The molecule has 0 aliphatic heterocycles. The van der Waals surface area contributed by atoms with Gasteiger partial charge in [-0.05, 0) is 0 Å². The second kappa shape index (κ2) is 9.80. The van der Waals surface area contributed by atoms with E-state index in [1.165, 1.54) is 0 Å². The third-order valence-electron chi connectivity index (χ3n) is 0. The average molecular weight is 70.0 g/mol. The van der Waals surface area contributed by atoms with Crippen LogP contribution in [0, 0.1) is 0 Å². The van der Waals surface area contributed by atoms with Crippen molar-refractivity contribution in [3.8, 4) is 0 Å². The summed E-state index contributed by atoms with van der Waals surface area (Å²) in [6.45, 7) is 0. The summed E-state index contributed by atoms with van der Waals surface area (Å²) in [4.78, 5) is 8.67. The molecule has 0 aliphatic rings. The Morgan fingerprint density at radius 3 is 2.25 bits per heavy atom. The van der Waals surface area contributed by atoms with Crippen LogP contribution < -0.4 is 0 Å². The fourth-order valence-corrected chi connectivity index (χ4v) is 0. The van der Waals surface area contributed by atoms with Crippen molar-refractivity contribution in [1.29, 1.82) is 0 Å². The van der Waals surface area contributed by atoms with E-state index >= 15 is 0 Å². The third kappa shape index (κ3) is 24.2. The first-order valence-corrected chi connectivity index (χ1v) is 0.428. The molecule has 0 unspecified atom stereocenters. The molecule has 0 spiro atoms. The molecular weight excluding hydrogens is 67.0 g/mol. The molecule has 0 amide bonds. The van der Waals surface area contributed by atoms with Gasteiger partial charge in [0, 0.05) is 29.6 Å². The van der Waals surface area contributed by atoms with Crippen molar-refractivity contribution in [1.82, 2.24) is 0 Å². The maximum absolute atomic E-state index is 8.67. The normalized spacial score (nSPS) is 6.50. The van der Waals surface area contributed by atoms with E-state index in [0.29, 0.717) is 0 Å². The number of carboxylic acid groups (broad SMARTS) is 1. The van der Waals surface area contributed by atoms with E-state index in [0.717, 1.165) is 0 Å². The van der Waals surface area contributed by atoms with Gasteiger partial charge in [-0.1, -0.05) is 0 Å². The van der Waals surface area contributed by atoms with Gasteiger partial charge in [0.15, 0.2) is 1.37 Å². The monoisotopic (exact) mass is 70.0 g/mol. The van der Waals surface area contributed by atoms with Crippen LogP contribution in [0.5, 0.6) is 0 Å². The second-order valence-electron chi connectivity index (χ2n) is 0.0913. The van der Waals surface area contributed by atoms with Gasteiger partial charge in [0.2, 0.25) is 0 Å². The van der Waals surface area contributed by atoms with Crippen molar-refractivity contribution in [2.45, 2.75) is 0 Å². The predicted molar refractivity (Wildman–Crippen MR) is 14.4 cm³/mol. The molecule has 0 aliphatic carbocycles. The molecule has 0 aromatic heterocycles. The van der Waals surface area contributed by atoms with Gasteiger partial charge in [0.05, 0.1) is 0 Å². The molecular formula is CH2NaO2. The molecule has 0 fully saturated rings. The Balaban J connectivity index is 0. The van der Waals surface area contributed by atoms with Crippen LogP contribution in [0.15, 0.2) is 0 Å². The minimum atomic E-state index is -1.58. The Morgan fingerprint density at radius 1 is 2.25 bits per heavy atom. The molecule has 0 rings (SSSR count). The molecule has 19 valence electrons. The molecule has 0 saturated carbocycles. The van der Waals surface area contributed by atoms with Crippen LogP contribution in [-0.2, 0) is 4.79 Å². The molecule has 0 heterocycles. The Morgan fingerprint density at radius 2 is 2.25 bits per heavy atom. The van der Waals surface area contributed by atoms with Crippen LogP contribution in [0.3, 0.4) is 0 Å². The molecule has 1 radical (unpaired) electrons. The number of carbonyl (C=O) groups is 1. The Hall–Kier alpha value is 0.470. The summed E-state index contributed by atoms with van der Waals surface area (Å²) in [6.07, 6.45) is -1.58. The van der Waals surface area contributed by atoms with Gasteiger partial charge in [-0.2, -0.15) is 0 Å². The molecule has 1 N–H and O–H groups in total. The third-order valence-corrected chi connectivity index (χ3v) is 0. The number of hydrogen-bond donors (Lipinski definition) is 1. The van der Waals surface area contributed by atoms with Crippen molar-refractivity contribution in [3.05, 3.63) is 0 Å². The standard InChI is InChI=1S/CH2O2.Na/c2-1-3;/h1H,(H,2,3);/i1D;. The smallest absolute Gasteiger partial charge is 0.290 e. The van der Waals surface area contributed by atoms with Crippen molar-refractivity contribution >= 4 is 36.0 Å². The van der Waals surface area contributed by atoms with E-state index in [2.05, 4.69) is 0 Å². The Labute approximate surface area is 47.5 Å². The van der Waals surface area contributed by atoms with Crippen LogP contribution in [0.1, 0.15) is 1.37 Å². The molecule has 2 nitrogen and oxygen atoms in total. The van der Waals surface area contributed by atoms with E-state index in [1.807, 2.05) is 0 Å². The van der Waals surface area contributed by atoms with E-state index in [1.54, 1.807) is 0 Å². The summed E-state index contributed by atoms with van der Waals surface area (Å²) < 4.78 is 5.50. The summed E-state index contributed by atoms with van der Waals surface area (Å²) in [7, 11) is 0. The van der Waals surface area contributed by atoms with Gasteiger partial charge < -0.3 is 5.11 Å². The van der Waals surface area contributed by atoms with E-state index in [4.69, 9.17) is 11.3 Å². The summed E-state index contributed by atoms with van der Waals surface area (Å²) in [5, 5.41) is 7.08. The number of rotatable bonds is 0. The predicted octanol–water partition coefficient (Wildman–Crippen LogP) is -0.680.